The van der Waals surface area contributed by atoms with Gasteiger partial charge in [-0.1, -0.05) is 12.1 Å². The molecule has 2 rings (SSSR count). The van der Waals surface area contributed by atoms with Crippen molar-refractivity contribution in [2.45, 2.75) is 6.61 Å². The minimum absolute atomic E-state index is 0.116. The molecule has 1 aromatic heterocycles. The molecule has 5 heteroatoms. The predicted molar refractivity (Wildman–Crippen MR) is 60.1 cm³/mol. The first kappa shape index (κ1) is 10.4. The third kappa shape index (κ3) is 1.93. The van der Waals surface area contributed by atoms with Crippen LogP contribution in [0, 0.1) is 0 Å². The van der Waals surface area contributed by atoms with Gasteiger partial charge in [-0.2, -0.15) is 5.10 Å². The van der Waals surface area contributed by atoms with Gasteiger partial charge in [0, 0.05) is 7.05 Å². The second kappa shape index (κ2) is 4.14. The fourth-order valence-corrected chi connectivity index (χ4v) is 1.34. The average Bonchev–Trinajstić information content (AvgIpc) is 2.59. The van der Waals surface area contributed by atoms with E-state index >= 15 is 0 Å². The maximum atomic E-state index is 9.49. The van der Waals surface area contributed by atoms with Crippen LogP contribution in [-0.4, -0.2) is 14.9 Å². The van der Waals surface area contributed by atoms with Crippen molar-refractivity contribution >= 4 is 5.82 Å². The van der Waals surface area contributed by atoms with Crippen molar-refractivity contribution in [3.8, 4) is 11.5 Å². The molecule has 0 saturated carbocycles. The van der Waals surface area contributed by atoms with Crippen LogP contribution in [-0.2, 0) is 13.7 Å². The quantitative estimate of drug-likeness (QED) is 0.815. The Hall–Kier alpha value is -2.17. The second-order valence-corrected chi connectivity index (χ2v) is 3.44. The summed E-state index contributed by atoms with van der Waals surface area (Å²) < 4.78 is 7.01. The van der Waals surface area contributed by atoms with E-state index in [1.807, 2.05) is 0 Å². The minimum Gasteiger partial charge on any atom is -0.504 e. The van der Waals surface area contributed by atoms with Gasteiger partial charge < -0.3 is 15.6 Å². The molecule has 2 aromatic rings. The highest BCUT2D eigenvalue weighted by atomic mass is 16.5. The number of rotatable bonds is 3. The van der Waals surface area contributed by atoms with E-state index in [1.165, 1.54) is 0 Å². The zero-order valence-electron chi connectivity index (χ0n) is 8.92. The maximum Gasteiger partial charge on any atom is 0.161 e. The first-order valence-electron chi connectivity index (χ1n) is 4.85. The summed E-state index contributed by atoms with van der Waals surface area (Å²) in [5, 5.41) is 13.5. The van der Waals surface area contributed by atoms with Crippen LogP contribution in [0.2, 0.25) is 0 Å². The predicted octanol–water partition coefficient (Wildman–Crippen LogP) is 1.29. The van der Waals surface area contributed by atoms with Crippen LogP contribution in [0.15, 0.2) is 30.5 Å². The number of aromatic hydroxyl groups is 1. The SMILES string of the molecule is Cn1ncc(COc2ccccc2O)c1N. The largest absolute Gasteiger partial charge is 0.504 e. The molecule has 0 aliphatic heterocycles. The number of benzene rings is 1. The Kier molecular flexibility index (Phi) is 2.68. The molecule has 16 heavy (non-hydrogen) atoms. The molecule has 0 aliphatic rings. The lowest BCUT2D eigenvalue weighted by Crippen LogP contribution is -2.02. The molecule has 0 aliphatic carbocycles. The van der Waals surface area contributed by atoms with Crippen LogP contribution in [0.25, 0.3) is 0 Å². The number of para-hydroxylation sites is 2. The maximum absolute atomic E-state index is 9.49. The highest BCUT2D eigenvalue weighted by Crippen LogP contribution is 2.25. The molecule has 3 N–H and O–H groups in total. The van der Waals surface area contributed by atoms with Crippen molar-refractivity contribution in [2.24, 2.45) is 7.05 Å². The second-order valence-electron chi connectivity index (χ2n) is 3.44. The smallest absolute Gasteiger partial charge is 0.161 e. The molecule has 0 fully saturated rings. The standard InChI is InChI=1S/C11H13N3O2/c1-14-11(12)8(6-13-14)7-16-10-5-3-2-4-9(10)15/h2-6,15H,7,12H2,1H3. The van der Waals surface area contributed by atoms with Crippen molar-refractivity contribution in [3.63, 3.8) is 0 Å². The van der Waals surface area contributed by atoms with Crippen molar-refractivity contribution in [1.29, 1.82) is 0 Å². The molecule has 0 unspecified atom stereocenters. The fourth-order valence-electron chi connectivity index (χ4n) is 1.34. The Morgan fingerprint density at radius 1 is 1.44 bits per heavy atom. The molecule has 0 radical (unpaired) electrons. The van der Waals surface area contributed by atoms with E-state index < -0.39 is 0 Å². The molecule has 0 bridgehead atoms. The van der Waals surface area contributed by atoms with Crippen LogP contribution in [0.5, 0.6) is 11.5 Å². The first-order valence-corrected chi connectivity index (χ1v) is 4.85. The number of nitrogen functional groups attached to an aromatic ring is 1. The molecule has 0 saturated heterocycles. The Labute approximate surface area is 93.1 Å². The minimum atomic E-state index is 0.116. The summed E-state index contributed by atoms with van der Waals surface area (Å²) in [6.45, 7) is 0.289. The zero-order valence-corrected chi connectivity index (χ0v) is 8.92. The van der Waals surface area contributed by atoms with Crippen LogP contribution in [0.4, 0.5) is 5.82 Å². The van der Waals surface area contributed by atoms with Crippen LogP contribution in [0.3, 0.4) is 0 Å². The summed E-state index contributed by atoms with van der Waals surface area (Å²) in [5.74, 6) is 1.12. The highest BCUT2D eigenvalue weighted by molar-refractivity contribution is 5.40. The number of anilines is 1. The van der Waals surface area contributed by atoms with Gasteiger partial charge in [-0.25, -0.2) is 0 Å². The van der Waals surface area contributed by atoms with Gasteiger partial charge in [0.05, 0.1) is 11.8 Å². The number of hydrogen-bond acceptors (Lipinski definition) is 4. The summed E-state index contributed by atoms with van der Waals surface area (Å²) in [4.78, 5) is 0. The van der Waals surface area contributed by atoms with Crippen LogP contribution >= 0.6 is 0 Å². The van der Waals surface area contributed by atoms with E-state index in [0.29, 0.717) is 11.6 Å². The van der Waals surface area contributed by atoms with Crippen molar-refractivity contribution in [1.82, 2.24) is 9.78 Å². The summed E-state index contributed by atoms with van der Waals surface area (Å²) in [7, 11) is 1.76. The summed E-state index contributed by atoms with van der Waals surface area (Å²) >= 11 is 0. The van der Waals surface area contributed by atoms with E-state index in [-0.39, 0.29) is 12.4 Å². The summed E-state index contributed by atoms with van der Waals surface area (Å²) in [5.41, 5.74) is 6.56. The number of ether oxygens (including phenoxy) is 1. The summed E-state index contributed by atoms with van der Waals surface area (Å²) in [6.07, 6.45) is 1.65. The molecule has 84 valence electrons. The Morgan fingerprint density at radius 3 is 2.81 bits per heavy atom. The third-order valence-electron chi connectivity index (χ3n) is 2.31. The number of aromatic nitrogens is 2. The van der Waals surface area contributed by atoms with Gasteiger partial charge in [-0.15, -0.1) is 0 Å². The van der Waals surface area contributed by atoms with Crippen LogP contribution < -0.4 is 10.5 Å². The number of aryl methyl sites for hydroxylation is 1. The van der Waals surface area contributed by atoms with Gasteiger partial charge in [-0.3, -0.25) is 4.68 Å². The molecule has 5 nitrogen and oxygen atoms in total. The lowest BCUT2D eigenvalue weighted by Gasteiger charge is -2.06. The Morgan fingerprint density at radius 2 is 2.19 bits per heavy atom. The first-order chi connectivity index (χ1) is 7.68. The monoisotopic (exact) mass is 219 g/mol. The molecule has 0 amide bonds. The molecule has 1 aromatic carbocycles. The lowest BCUT2D eigenvalue weighted by atomic mass is 10.3. The van der Waals surface area contributed by atoms with Crippen molar-refractivity contribution < 1.29 is 9.84 Å². The Balaban J connectivity index is 2.08. The number of nitrogens with two attached hydrogens (primary N) is 1. The van der Waals surface area contributed by atoms with Gasteiger partial charge >= 0.3 is 0 Å². The topological polar surface area (TPSA) is 73.3 Å². The van der Waals surface area contributed by atoms with Crippen molar-refractivity contribution in [3.05, 3.63) is 36.0 Å². The molecule has 0 spiro atoms. The molecular weight excluding hydrogens is 206 g/mol. The van der Waals surface area contributed by atoms with E-state index in [1.54, 1.807) is 42.2 Å². The summed E-state index contributed by atoms with van der Waals surface area (Å²) in [6, 6.07) is 6.80. The average molecular weight is 219 g/mol. The van der Waals surface area contributed by atoms with Gasteiger partial charge in [0.2, 0.25) is 0 Å². The van der Waals surface area contributed by atoms with E-state index in [9.17, 15) is 5.11 Å². The molecule has 1 heterocycles. The van der Waals surface area contributed by atoms with E-state index in [2.05, 4.69) is 5.10 Å². The molecular formula is C11H13N3O2. The number of phenolic OH excluding ortho intramolecular Hbond substituents is 1. The van der Waals surface area contributed by atoms with Gasteiger partial charge in [0.15, 0.2) is 11.5 Å². The van der Waals surface area contributed by atoms with Gasteiger partial charge in [0.25, 0.3) is 0 Å². The molecule has 0 atom stereocenters. The van der Waals surface area contributed by atoms with Gasteiger partial charge in [-0.05, 0) is 12.1 Å². The Bertz CT molecular complexity index is 494. The zero-order chi connectivity index (χ0) is 11.5. The number of phenols is 1. The number of hydrogen-bond donors (Lipinski definition) is 2. The van der Waals surface area contributed by atoms with Crippen LogP contribution in [0.1, 0.15) is 5.56 Å². The third-order valence-corrected chi connectivity index (χ3v) is 2.31. The van der Waals surface area contributed by atoms with E-state index in [0.717, 1.165) is 5.56 Å². The lowest BCUT2D eigenvalue weighted by molar-refractivity contribution is 0.289. The normalized spacial score (nSPS) is 10.3. The highest BCUT2D eigenvalue weighted by Gasteiger charge is 2.06. The van der Waals surface area contributed by atoms with Crippen molar-refractivity contribution in [2.75, 3.05) is 5.73 Å². The fraction of sp³-hybridized carbons (Fsp3) is 0.182. The number of nitrogens with zero attached hydrogens (tertiary/aromatic N) is 2. The van der Waals surface area contributed by atoms with Gasteiger partial charge in [0.1, 0.15) is 12.4 Å². The van der Waals surface area contributed by atoms with E-state index in [4.69, 9.17) is 10.5 Å².